The number of carbonyl (C=O) groups is 2. The molecule has 0 bridgehead atoms. The van der Waals surface area contributed by atoms with Crippen molar-refractivity contribution in [3.63, 3.8) is 0 Å². The van der Waals surface area contributed by atoms with Gasteiger partial charge in [0.05, 0.1) is 22.0 Å². The van der Waals surface area contributed by atoms with Crippen molar-refractivity contribution in [2.24, 2.45) is 0 Å². The fourth-order valence-corrected chi connectivity index (χ4v) is 4.36. The largest absolute Gasteiger partial charge is 0.449 e. The minimum absolute atomic E-state index is 0.00794. The molecular weight excluding hydrogens is 378 g/mol. The van der Waals surface area contributed by atoms with Crippen LogP contribution in [0.1, 0.15) is 23.7 Å². The maximum atomic E-state index is 12.2. The molecule has 1 aliphatic rings. The Kier molecular flexibility index (Phi) is 6.04. The monoisotopic (exact) mass is 399 g/mol. The lowest BCUT2D eigenvalue weighted by Gasteiger charge is -2.17. The highest BCUT2D eigenvalue weighted by Crippen LogP contribution is 2.28. The standard InChI is InChI=1S/C16H21N3O7S/c1-10(15(20)17-12-6-7-27(24,25)9-12)26-16(21)11-4-5-13(18(2)3)14(8-11)19(22)23/h4-5,8,10,12H,6-7,9H2,1-3H3,(H,17,20)/t10-,12-/m1/s1. The first-order chi connectivity index (χ1) is 12.5. The second-order valence-corrected chi connectivity index (χ2v) is 8.74. The van der Waals surface area contributed by atoms with Crippen LogP contribution in [0.15, 0.2) is 18.2 Å². The predicted octanol–water partition coefficient (Wildman–Crippen LogP) is 0.509. The van der Waals surface area contributed by atoms with Gasteiger partial charge in [-0.25, -0.2) is 13.2 Å². The molecule has 27 heavy (non-hydrogen) atoms. The van der Waals surface area contributed by atoms with Crippen LogP contribution in [0.2, 0.25) is 0 Å². The van der Waals surface area contributed by atoms with Gasteiger partial charge in [0.25, 0.3) is 11.6 Å². The normalized spacial score (nSPS) is 19.1. The van der Waals surface area contributed by atoms with E-state index in [9.17, 15) is 28.1 Å². The Labute approximate surface area is 156 Å². The van der Waals surface area contributed by atoms with E-state index in [0.717, 1.165) is 6.07 Å². The van der Waals surface area contributed by atoms with Crippen molar-refractivity contribution in [2.45, 2.75) is 25.5 Å². The first-order valence-electron chi connectivity index (χ1n) is 8.17. The number of benzene rings is 1. The minimum atomic E-state index is -3.15. The van der Waals surface area contributed by atoms with E-state index >= 15 is 0 Å². The molecule has 148 valence electrons. The summed E-state index contributed by atoms with van der Waals surface area (Å²) in [6, 6.07) is 3.37. The number of rotatable bonds is 6. The average Bonchev–Trinajstić information content (AvgIpc) is 2.92. The third-order valence-corrected chi connectivity index (χ3v) is 5.89. The van der Waals surface area contributed by atoms with E-state index in [1.807, 2.05) is 0 Å². The van der Waals surface area contributed by atoms with Crippen molar-refractivity contribution in [1.29, 1.82) is 0 Å². The van der Waals surface area contributed by atoms with Gasteiger partial charge in [0.1, 0.15) is 5.69 Å². The van der Waals surface area contributed by atoms with Crippen LogP contribution in [0.4, 0.5) is 11.4 Å². The summed E-state index contributed by atoms with van der Waals surface area (Å²) in [5.41, 5.74) is 0.00268. The number of anilines is 1. The molecule has 0 spiro atoms. The second-order valence-electron chi connectivity index (χ2n) is 6.51. The van der Waals surface area contributed by atoms with Crippen LogP contribution in [0.3, 0.4) is 0 Å². The van der Waals surface area contributed by atoms with Crippen molar-refractivity contribution in [3.05, 3.63) is 33.9 Å². The van der Waals surface area contributed by atoms with E-state index in [1.54, 1.807) is 19.0 Å². The molecule has 1 aromatic rings. The van der Waals surface area contributed by atoms with E-state index < -0.39 is 38.8 Å². The van der Waals surface area contributed by atoms with Gasteiger partial charge >= 0.3 is 5.97 Å². The molecule has 0 aliphatic carbocycles. The number of carbonyl (C=O) groups excluding carboxylic acids is 2. The number of nitro benzene ring substituents is 1. The zero-order chi connectivity index (χ0) is 20.4. The van der Waals surface area contributed by atoms with Crippen LogP contribution >= 0.6 is 0 Å². The van der Waals surface area contributed by atoms with E-state index in [2.05, 4.69) is 5.32 Å². The highest BCUT2D eigenvalue weighted by atomic mass is 32.2. The summed E-state index contributed by atoms with van der Waals surface area (Å²) >= 11 is 0. The van der Waals surface area contributed by atoms with Crippen LogP contribution in [0.25, 0.3) is 0 Å². The minimum Gasteiger partial charge on any atom is -0.449 e. The van der Waals surface area contributed by atoms with Gasteiger partial charge in [-0.3, -0.25) is 14.9 Å². The summed E-state index contributed by atoms with van der Waals surface area (Å²) in [6.45, 7) is 1.35. The molecule has 1 fully saturated rings. The molecule has 1 saturated heterocycles. The van der Waals surface area contributed by atoms with Crippen molar-refractivity contribution >= 4 is 33.1 Å². The summed E-state index contributed by atoms with van der Waals surface area (Å²) in [6.07, 6.45) is -0.860. The highest BCUT2D eigenvalue weighted by Gasteiger charge is 2.31. The molecule has 0 unspecified atom stereocenters. The number of hydrogen-bond donors (Lipinski definition) is 1. The Balaban J connectivity index is 2.04. The second kappa shape index (κ2) is 7.91. The molecular formula is C16H21N3O7S. The Morgan fingerprint density at radius 3 is 2.56 bits per heavy atom. The molecule has 0 saturated carbocycles. The first-order valence-corrected chi connectivity index (χ1v) is 10.00. The number of amides is 1. The highest BCUT2D eigenvalue weighted by molar-refractivity contribution is 7.91. The van der Waals surface area contributed by atoms with Gasteiger partial charge in [0.2, 0.25) is 0 Å². The quantitative estimate of drug-likeness (QED) is 0.415. The number of nitro groups is 1. The van der Waals surface area contributed by atoms with Gasteiger partial charge in [-0.15, -0.1) is 0 Å². The molecule has 2 rings (SSSR count). The molecule has 0 radical (unpaired) electrons. The third-order valence-electron chi connectivity index (χ3n) is 4.12. The van der Waals surface area contributed by atoms with E-state index in [4.69, 9.17) is 4.74 Å². The predicted molar refractivity (Wildman–Crippen MR) is 97.5 cm³/mol. The van der Waals surface area contributed by atoms with Gasteiger partial charge in [-0.1, -0.05) is 0 Å². The molecule has 11 heteroatoms. The fraction of sp³-hybridized carbons (Fsp3) is 0.500. The third kappa shape index (κ3) is 5.16. The average molecular weight is 399 g/mol. The molecule has 1 aliphatic heterocycles. The molecule has 2 atom stereocenters. The topological polar surface area (TPSA) is 136 Å². The number of esters is 1. The van der Waals surface area contributed by atoms with Crippen LogP contribution in [-0.2, 0) is 19.4 Å². The van der Waals surface area contributed by atoms with Gasteiger partial charge in [0.15, 0.2) is 15.9 Å². The van der Waals surface area contributed by atoms with E-state index in [0.29, 0.717) is 12.1 Å². The number of nitrogens with zero attached hydrogens (tertiary/aromatic N) is 2. The molecule has 1 heterocycles. The van der Waals surface area contributed by atoms with Crippen LogP contribution < -0.4 is 10.2 Å². The lowest BCUT2D eigenvalue weighted by atomic mass is 10.1. The van der Waals surface area contributed by atoms with Crippen molar-refractivity contribution in [2.75, 3.05) is 30.5 Å². The van der Waals surface area contributed by atoms with Crippen molar-refractivity contribution < 1.29 is 27.7 Å². The zero-order valence-corrected chi connectivity index (χ0v) is 16.0. The van der Waals surface area contributed by atoms with Gasteiger partial charge in [-0.2, -0.15) is 0 Å². The number of nitrogens with one attached hydrogen (secondary N) is 1. The first kappa shape index (κ1) is 20.6. The van der Waals surface area contributed by atoms with Gasteiger partial charge < -0.3 is 15.0 Å². The molecule has 1 N–H and O–H groups in total. The Morgan fingerprint density at radius 1 is 1.37 bits per heavy atom. The summed E-state index contributed by atoms with van der Waals surface area (Å²) < 4.78 is 27.9. The number of ether oxygens (including phenoxy) is 1. The molecule has 1 aromatic carbocycles. The lowest BCUT2D eigenvalue weighted by Crippen LogP contribution is -2.42. The van der Waals surface area contributed by atoms with E-state index in [-0.39, 0.29) is 22.8 Å². The summed E-state index contributed by atoms with van der Waals surface area (Å²) in [7, 11) is 0.123. The number of hydrogen-bond acceptors (Lipinski definition) is 8. The lowest BCUT2D eigenvalue weighted by molar-refractivity contribution is -0.384. The maximum Gasteiger partial charge on any atom is 0.339 e. The Hall–Kier alpha value is -2.69. The van der Waals surface area contributed by atoms with Crippen LogP contribution in [-0.4, -0.2) is 63.0 Å². The summed E-state index contributed by atoms with van der Waals surface area (Å²) in [4.78, 5) is 36.4. The van der Waals surface area contributed by atoms with Crippen molar-refractivity contribution in [3.8, 4) is 0 Å². The molecule has 0 aromatic heterocycles. The zero-order valence-electron chi connectivity index (χ0n) is 15.2. The fourth-order valence-electron chi connectivity index (χ4n) is 2.68. The molecule has 10 nitrogen and oxygen atoms in total. The SMILES string of the molecule is C[C@@H](OC(=O)c1ccc(N(C)C)c([N+](=O)[O-])c1)C(=O)N[C@@H]1CCS(=O)(=O)C1. The van der Waals surface area contributed by atoms with Crippen LogP contribution in [0.5, 0.6) is 0 Å². The number of sulfone groups is 1. The van der Waals surface area contributed by atoms with Crippen molar-refractivity contribution in [1.82, 2.24) is 5.32 Å². The maximum absolute atomic E-state index is 12.2. The molecule has 1 amide bonds. The van der Waals surface area contributed by atoms with Gasteiger partial charge in [0, 0.05) is 26.2 Å². The van der Waals surface area contributed by atoms with Crippen LogP contribution in [0, 0.1) is 10.1 Å². The smallest absolute Gasteiger partial charge is 0.339 e. The summed E-state index contributed by atoms with van der Waals surface area (Å²) in [5, 5.41) is 13.7. The van der Waals surface area contributed by atoms with E-state index in [1.165, 1.54) is 19.1 Å². The Bertz CT molecular complexity index is 867. The summed E-state index contributed by atoms with van der Waals surface area (Å²) in [5.74, 6) is -1.64. The Morgan fingerprint density at radius 2 is 2.04 bits per heavy atom. The van der Waals surface area contributed by atoms with Gasteiger partial charge in [-0.05, 0) is 25.5 Å².